The molecule has 0 amide bonds. The summed E-state index contributed by atoms with van der Waals surface area (Å²) in [5, 5.41) is 86.8. The molecule has 4 aromatic rings. The van der Waals surface area contributed by atoms with Gasteiger partial charge in [-0.2, -0.15) is 42.1 Å². The van der Waals surface area contributed by atoms with Crippen molar-refractivity contribution in [2.45, 2.75) is 0 Å². The van der Waals surface area contributed by atoms with Gasteiger partial charge in [0.25, 0.3) is 0 Å². The van der Waals surface area contributed by atoms with Gasteiger partial charge in [-0.05, 0) is 23.6 Å². The van der Waals surface area contributed by atoms with Crippen LogP contribution in [0.25, 0.3) is 33.4 Å². The maximum atomic E-state index is 10.2. The highest BCUT2D eigenvalue weighted by Crippen LogP contribution is 2.47. The third kappa shape index (κ3) is 4.50. The number of allylic oxidation sites excluding steroid dienone is 4. The van der Waals surface area contributed by atoms with Crippen LogP contribution >= 0.6 is 11.3 Å². The molecule has 0 saturated heterocycles. The van der Waals surface area contributed by atoms with Crippen LogP contribution in [0.1, 0.15) is 56.7 Å². The largest absolute Gasteiger partial charge is 0.353 e. The van der Waals surface area contributed by atoms with E-state index in [0.717, 1.165) is 10.1 Å². The van der Waals surface area contributed by atoms with E-state index in [1.807, 2.05) is 47.9 Å². The van der Waals surface area contributed by atoms with Crippen molar-refractivity contribution >= 4 is 56.1 Å². The summed E-state index contributed by atoms with van der Waals surface area (Å²) in [5.74, 6) is -0.750. The Balaban J connectivity index is 1.54. The van der Waals surface area contributed by atoms with Gasteiger partial charge in [0.05, 0.1) is 49.7 Å². The van der Waals surface area contributed by atoms with Gasteiger partial charge in [0, 0.05) is 16.5 Å². The highest BCUT2D eigenvalue weighted by molar-refractivity contribution is 7.18. The van der Waals surface area contributed by atoms with Gasteiger partial charge < -0.3 is 10.6 Å². The third-order valence-electron chi connectivity index (χ3n) is 7.05. The standard InChI is InChI=1S/C32H8N14S/c33-7-18(28-22(9-35)41-26(13-39)42-23(28)10-36)20-3-1-15-16-2-4-21(46-31(16)32-17(5-6-47-32)30(15)45-20)19(8-34)29-24(11-37)43-27(14-40)44-25(29)12-38/h1-6,45-46H/b20-18-,21-19+. The summed E-state index contributed by atoms with van der Waals surface area (Å²) < 4.78 is 0.757. The van der Waals surface area contributed by atoms with Crippen LogP contribution in [0.5, 0.6) is 0 Å². The number of hydrogen-bond donors (Lipinski definition) is 2. The average Bonchev–Trinajstić information content (AvgIpc) is 3.63. The number of anilines is 2. The molecule has 2 aliphatic rings. The lowest BCUT2D eigenvalue weighted by atomic mass is 9.91. The van der Waals surface area contributed by atoms with E-state index in [9.17, 15) is 42.1 Å². The number of thiophene rings is 1. The molecular weight excluding hydrogens is 613 g/mol. The second kappa shape index (κ2) is 11.5. The fraction of sp³-hybridized carbons (Fsp3) is 0. The number of rotatable bonds is 2. The van der Waals surface area contributed by atoms with Crippen molar-refractivity contribution in [3.63, 3.8) is 0 Å². The fourth-order valence-corrected chi connectivity index (χ4v) is 6.06. The average molecular weight is 621 g/mol. The Hall–Kier alpha value is -8.18. The Morgan fingerprint density at radius 1 is 0.553 bits per heavy atom. The molecule has 6 rings (SSSR count). The second-order valence-electron chi connectivity index (χ2n) is 9.37. The maximum absolute atomic E-state index is 10.2. The van der Waals surface area contributed by atoms with Gasteiger partial charge >= 0.3 is 0 Å². The predicted molar refractivity (Wildman–Crippen MR) is 165 cm³/mol. The summed E-state index contributed by atoms with van der Waals surface area (Å²) in [7, 11) is 0. The molecule has 3 aromatic heterocycles. The van der Waals surface area contributed by atoms with Gasteiger partial charge in [0.15, 0.2) is 22.8 Å². The summed E-state index contributed by atoms with van der Waals surface area (Å²) in [6.45, 7) is 0. The minimum absolute atomic E-state index is 0.0734. The first-order chi connectivity index (χ1) is 22.9. The molecule has 14 nitrogen and oxygen atoms in total. The van der Waals surface area contributed by atoms with E-state index in [2.05, 4.69) is 30.6 Å². The zero-order chi connectivity index (χ0) is 33.2. The number of nitrogens with zero attached hydrogens (tertiary/aromatic N) is 12. The first kappa shape index (κ1) is 28.9. The SMILES string of the molecule is N#C/C(=C1/C=Cc2c3c(c4ccsc4c2N1)N/C(=C(/C#N)c1c(C#N)nc(C#N)nc1C#N)C=C3)c1c(C#N)nc(C#N)nc1C#N. The van der Waals surface area contributed by atoms with E-state index >= 15 is 0 Å². The monoisotopic (exact) mass is 620 g/mol. The van der Waals surface area contributed by atoms with Crippen LogP contribution in [0.2, 0.25) is 0 Å². The van der Waals surface area contributed by atoms with Gasteiger partial charge in [0.2, 0.25) is 11.6 Å². The summed E-state index contributed by atoms with van der Waals surface area (Å²) in [4.78, 5) is 15.5. The molecule has 0 aliphatic carbocycles. The van der Waals surface area contributed by atoms with Crippen LogP contribution in [0.3, 0.4) is 0 Å². The van der Waals surface area contributed by atoms with Crippen molar-refractivity contribution in [2.24, 2.45) is 0 Å². The molecule has 0 spiro atoms. The second-order valence-corrected chi connectivity index (χ2v) is 10.3. The molecule has 0 radical (unpaired) electrons. The van der Waals surface area contributed by atoms with E-state index in [-0.39, 0.29) is 68.1 Å². The van der Waals surface area contributed by atoms with Crippen LogP contribution in [0, 0.1) is 90.6 Å². The molecule has 212 valence electrons. The van der Waals surface area contributed by atoms with Gasteiger partial charge in [-0.25, -0.2) is 19.9 Å². The number of aromatic nitrogens is 4. The van der Waals surface area contributed by atoms with Crippen LogP contribution < -0.4 is 10.6 Å². The third-order valence-corrected chi connectivity index (χ3v) is 7.98. The molecule has 2 aliphatic heterocycles. The topological polar surface area (TPSA) is 266 Å². The molecule has 1 aromatic carbocycles. The van der Waals surface area contributed by atoms with E-state index in [1.165, 1.54) is 11.3 Å². The molecule has 0 atom stereocenters. The first-order valence-corrected chi connectivity index (χ1v) is 13.8. The fourth-order valence-electron chi connectivity index (χ4n) is 5.14. The number of fused-ring (bicyclic) bond motifs is 6. The molecule has 5 heterocycles. The zero-order valence-electron chi connectivity index (χ0n) is 23.2. The molecule has 47 heavy (non-hydrogen) atoms. The summed E-state index contributed by atoms with van der Waals surface area (Å²) in [5.41, 5.74) is 1.67. The Bertz CT molecular complexity index is 2360. The Labute approximate surface area is 268 Å². The van der Waals surface area contributed by atoms with Crippen molar-refractivity contribution in [1.82, 2.24) is 19.9 Å². The first-order valence-electron chi connectivity index (χ1n) is 13.0. The Morgan fingerprint density at radius 2 is 0.979 bits per heavy atom. The quantitative estimate of drug-likeness (QED) is 0.293. The predicted octanol–water partition coefficient (Wildman–Crippen LogP) is 4.46. The molecule has 2 N–H and O–H groups in total. The van der Waals surface area contributed by atoms with Crippen LogP contribution in [-0.4, -0.2) is 19.9 Å². The highest BCUT2D eigenvalue weighted by Gasteiger charge is 2.28. The van der Waals surface area contributed by atoms with E-state index in [1.54, 1.807) is 36.4 Å². The van der Waals surface area contributed by atoms with Crippen molar-refractivity contribution in [3.8, 4) is 48.6 Å². The van der Waals surface area contributed by atoms with Crippen LogP contribution in [-0.2, 0) is 0 Å². The molecule has 0 bridgehead atoms. The Kier molecular flexibility index (Phi) is 7.07. The minimum atomic E-state index is -0.375. The lowest BCUT2D eigenvalue weighted by molar-refractivity contribution is 1.06. The number of nitriles is 8. The lowest BCUT2D eigenvalue weighted by Gasteiger charge is -2.26. The Morgan fingerprint density at radius 3 is 1.38 bits per heavy atom. The smallest absolute Gasteiger partial charge is 0.234 e. The molecular formula is C32H8N14S. The summed E-state index contributed by atoms with van der Waals surface area (Å²) >= 11 is 1.39. The number of hydrogen-bond acceptors (Lipinski definition) is 15. The molecule has 15 heteroatoms. The van der Waals surface area contributed by atoms with E-state index < -0.39 is 0 Å². The van der Waals surface area contributed by atoms with Crippen LogP contribution in [0.15, 0.2) is 35.0 Å². The van der Waals surface area contributed by atoms with Gasteiger partial charge in [0.1, 0.15) is 48.6 Å². The van der Waals surface area contributed by atoms with Gasteiger partial charge in [-0.1, -0.05) is 12.2 Å². The molecule has 0 fully saturated rings. The van der Waals surface area contributed by atoms with E-state index in [4.69, 9.17) is 0 Å². The summed E-state index contributed by atoms with van der Waals surface area (Å²) in [6.07, 6.45) is 6.71. The summed E-state index contributed by atoms with van der Waals surface area (Å²) in [6, 6.07) is 16.7. The maximum Gasteiger partial charge on any atom is 0.234 e. The van der Waals surface area contributed by atoms with Crippen molar-refractivity contribution in [3.05, 3.63) is 91.7 Å². The van der Waals surface area contributed by atoms with E-state index in [0.29, 0.717) is 22.5 Å². The highest BCUT2D eigenvalue weighted by atomic mass is 32.1. The minimum Gasteiger partial charge on any atom is -0.353 e. The van der Waals surface area contributed by atoms with Crippen molar-refractivity contribution < 1.29 is 0 Å². The molecule has 0 saturated carbocycles. The van der Waals surface area contributed by atoms with Crippen molar-refractivity contribution in [2.75, 3.05) is 10.6 Å². The molecule has 0 unspecified atom stereocenters. The van der Waals surface area contributed by atoms with Gasteiger partial charge in [-0.15, -0.1) is 11.3 Å². The zero-order valence-corrected chi connectivity index (χ0v) is 24.1. The van der Waals surface area contributed by atoms with Crippen molar-refractivity contribution in [1.29, 1.82) is 42.1 Å². The lowest BCUT2D eigenvalue weighted by Crippen LogP contribution is -2.13. The van der Waals surface area contributed by atoms with Crippen LogP contribution in [0.4, 0.5) is 11.4 Å². The van der Waals surface area contributed by atoms with Gasteiger partial charge in [-0.3, -0.25) is 0 Å². The number of benzene rings is 1. The number of nitrogens with one attached hydrogen (secondary N) is 2. The normalized spacial score (nSPS) is 14.0.